The van der Waals surface area contributed by atoms with Gasteiger partial charge in [-0.15, -0.1) is 10.2 Å². The van der Waals surface area contributed by atoms with Gasteiger partial charge in [0, 0.05) is 17.9 Å². The lowest BCUT2D eigenvalue weighted by Crippen LogP contribution is -2.59. The number of nitrogens with one attached hydrogen (secondary N) is 1. The van der Waals surface area contributed by atoms with Gasteiger partial charge < -0.3 is 14.5 Å². The molecule has 2 bridgehead atoms. The van der Waals surface area contributed by atoms with Crippen LogP contribution in [0.25, 0.3) is 11.5 Å². The summed E-state index contributed by atoms with van der Waals surface area (Å²) >= 11 is 0. The first-order valence-electron chi connectivity index (χ1n) is 8.72. The quantitative estimate of drug-likeness (QED) is 0.753. The second-order valence-electron chi connectivity index (χ2n) is 7.10. The molecule has 3 aromatic rings. The molecule has 7 heteroatoms. The van der Waals surface area contributed by atoms with E-state index in [1.54, 1.807) is 12.1 Å². The number of ether oxygens (including phenoxy) is 1. The van der Waals surface area contributed by atoms with Gasteiger partial charge in [-0.1, -0.05) is 24.3 Å². The lowest BCUT2D eigenvalue weighted by atomic mass is 9.75. The molecule has 3 heterocycles. The number of halogens is 1. The highest BCUT2D eigenvalue weighted by Gasteiger charge is 2.51. The molecule has 27 heavy (non-hydrogen) atoms. The number of amides is 1. The smallest absolute Gasteiger partial charge is 0.247 e. The van der Waals surface area contributed by atoms with Crippen LogP contribution in [-0.4, -0.2) is 21.8 Å². The van der Waals surface area contributed by atoms with Crippen molar-refractivity contribution in [3.05, 3.63) is 65.8 Å². The molecule has 2 aromatic carbocycles. The predicted molar refractivity (Wildman–Crippen MR) is 93.4 cm³/mol. The number of nitrogens with zero attached hydrogens (tertiary/aromatic N) is 2. The van der Waals surface area contributed by atoms with Gasteiger partial charge in [0.25, 0.3) is 0 Å². The molecule has 1 N–H and O–H groups in total. The third kappa shape index (κ3) is 2.58. The number of piperidine rings is 1. The monoisotopic (exact) mass is 365 g/mol. The highest BCUT2D eigenvalue weighted by atomic mass is 19.1. The molecule has 3 atom stereocenters. The Kier molecular flexibility index (Phi) is 3.34. The van der Waals surface area contributed by atoms with E-state index in [9.17, 15) is 9.18 Å². The van der Waals surface area contributed by atoms with Crippen LogP contribution >= 0.6 is 0 Å². The van der Waals surface area contributed by atoms with Crippen molar-refractivity contribution >= 4 is 5.91 Å². The Bertz CT molecular complexity index is 1050. The molecular weight excluding hydrogens is 349 g/mol. The summed E-state index contributed by atoms with van der Waals surface area (Å²) in [5, 5.41) is 11.0. The molecule has 0 spiro atoms. The highest BCUT2D eigenvalue weighted by molar-refractivity contribution is 5.86. The van der Waals surface area contributed by atoms with Crippen molar-refractivity contribution in [2.45, 2.75) is 30.9 Å². The standard InChI is InChI=1S/C20H16FN3O3/c1-20-10-14(13-7-2-3-8-15(13)27-20)16(17(25)22-20)19-24-23-18(26-19)11-5-4-6-12(21)9-11/h2-9,14,16H,10H2,1H3,(H,22,25). The zero-order chi connectivity index (χ0) is 18.6. The van der Waals surface area contributed by atoms with Crippen LogP contribution in [0.5, 0.6) is 5.75 Å². The summed E-state index contributed by atoms with van der Waals surface area (Å²) in [5.41, 5.74) is 0.653. The van der Waals surface area contributed by atoms with Gasteiger partial charge in [0.15, 0.2) is 5.72 Å². The van der Waals surface area contributed by atoms with Gasteiger partial charge >= 0.3 is 0 Å². The van der Waals surface area contributed by atoms with E-state index in [0.29, 0.717) is 12.0 Å². The maximum Gasteiger partial charge on any atom is 0.247 e. The van der Waals surface area contributed by atoms with Crippen molar-refractivity contribution in [1.82, 2.24) is 15.5 Å². The molecule has 1 aromatic heterocycles. The minimum absolute atomic E-state index is 0.144. The summed E-state index contributed by atoms with van der Waals surface area (Å²) in [5.74, 6) is -0.241. The van der Waals surface area contributed by atoms with Crippen molar-refractivity contribution in [1.29, 1.82) is 0 Å². The number of aromatic nitrogens is 2. The number of para-hydroxylation sites is 1. The number of benzene rings is 2. The molecule has 6 nitrogen and oxygen atoms in total. The van der Waals surface area contributed by atoms with Crippen molar-refractivity contribution in [3.8, 4) is 17.2 Å². The Hall–Kier alpha value is -3.22. The van der Waals surface area contributed by atoms with Crippen LogP contribution in [0, 0.1) is 5.82 Å². The van der Waals surface area contributed by atoms with E-state index in [1.165, 1.54) is 12.1 Å². The summed E-state index contributed by atoms with van der Waals surface area (Å²) in [6, 6.07) is 13.6. The second-order valence-corrected chi connectivity index (χ2v) is 7.10. The number of hydrogen-bond donors (Lipinski definition) is 1. The maximum atomic E-state index is 13.5. The van der Waals surface area contributed by atoms with Crippen LogP contribution in [0.3, 0.4) is 0 Å². The van der Waals surface area contributed by atoms with E-state index in [-0.39, 0.29) is 23.6 Å². The Balaban J connectivity index is 1.57. The second kappa shape index (κ2) is 5.64. The predicted octanol–water partition coefficient (Wildman–Crippen LogP) is 3.37. The van der Waals surface area contributed by atoms with Crippen molar-refractivity contribution < 1.29 is 18.3 Å². The van der Waals surface area contributed by atoms with E-state index < -0.39 is 17.5 Å². The minimum Gasteiger partial charge on any atom is -0.468 e. The molecule has 0 saturated carbocycles. The van der Waals surface area contributed by atoms with Crippen molar-refractivity contribution in [2.24, 2.45) is 0 Å². The van der Waals surface area contributed by atoms with Crippen LogP contribution < -0.4 is 10.1 Å². The summed E-state index contributed by atoms with van der Waals surface area (Å²) in [6.07, 6.45) is 0.595. The number of rotatable bonds is 2. The van der Waals surface area contributed by atoms with E-state index in [1.807, 2.05) is 31.2 Å². The number of fused-ring (bicyclic) bond motifs is 4. The first kappa shape index (κ1) is 16.0. The van der Waals surface area contributed by atoms with Crippen LogP contribution in [0.2, 0.25) is 0 Å². The molecule has 1 amide bonds. The molecular formula is C20H16FN3O3. The minimum atomic E-state index is -0.766. The van der Waals surface area contributed by atoms with Crippen molar-refractivity contribution in [2.75, 3.05) is 0 Å². The summed E-state index contributed by atoms with van der Waals surface area (Å²) in [4.78, 5) is 12.8. The van der Waals surface area contributed by atoms with Gasteiger partial charge in [-0.3, -0.25) is 4.79 Å². The maximum absolute atomic E-state index is 13.5. The molecule has 2 aliphatic heterocycles. The molecule has 1 fully saturated rings. The lowest BCUT2D eigenvalue weighted by molar-refractivity contribution is -0.136. The summed E-state index contributed by atoms with van der Waals surface area (Å²) in [7, 11) is 0. The molecule has 3 unspecified atom stereocenters. The van der Waals surface area contributed by atoms with Gasteiger partial charge in [-0.05, 0) is 36.8 Å². The molecule has 5 rings (SSSR count). The van der Waals surface area contributed by atoms with Gasteiger partial charge in [0.2, 0.25) is 17.7 Å². The Labute approximate surface area is 154 Å². The Morgan fingerprint density at radius 2 is 2.04 bits per heavy atom. The van der Waals surface area contributed by atoms with Crippen LogP contribution in [0.4, 0.5) is 4.39 Å². The average molecular weight is 365 g/mol. The van der Waals surface area contributed by atoms with Crippen LogP contribution in [-0.2, 0) is 4.79 Å². The topological polar surface area (TPSA) is 77.2 Å². The van der Waals surface area contributed by atoms with E-state index in [2.05, 4.69) is 15.5 Å². The van der Waals surface area contributed by atoms with E-state index in [4.69, 9.17) is 9.15 Å². The number of carbonyl (C=O) groups excluding carboxylic acids is 1. The molecule has 136 valence electrons. The number of hydrogen-bond acceptors (Lipinski definition) is 5. The molecule has 0 radical (unpaired) electrons. The van der Waals surface area contributed by atoms with Gasteiger partial charge in [-0.25, -0.2) is 4.39 Å². The zero-order valence-electron chi connectivity index (χ0n) is 14.5. The number of carbonyl (C=O) groups is 1. The Morgan fingerprint density at radius 1 is 1.19 bits per heavy atom. The third-order valence-corrected chi connectivity index (χ3v) is 5.11. The molecule has 0 aliphatic carbocycles. The summed E-state index contributed by atoms with van der Waals surface area (Å²) < 4.78 is 25.3. The fourth-order valence-corrected chi connectivity index (χ4v) is 3.97. The fourth-order valence-electron chi connectivity index (χ4n) is 3.97. The van der Waals surface area contributed by atoms with Crippen molar-refractivity contribution in [3.63, 3.8) is 0 Å². The van der Waals surface area contributed by atoms with Gasteiger partial charge in [-0.2, -0.15) is 0 Å². The molecule has 2 aliphatic rings. The first-order valence-corrected chi connectivity index (χ1v) is 8.72. The normalized spacial score (nSPS) is 26.1. The van der Waals surface area contributed by atoms with Crippen LogP contribution in [0.1, 0.15) is 36.6 Å². The zero-order valence-corrected chi connectivity index (χ0v) is 14.5. The average Bonchev–Trinajstić information content (AvgIpc) is 3.10. The highest BCUT2D eigenvalue weighted by Crippen LogP contribution is 2.49. The molecule has 1 saturated heterocycles. The third-order valence-electron chi connectivity index (χ3n) is 5.11. The van der Waals surface area contributed by atoms with Crippen LogP contribution in [0.15, 0.2) is 52.9 Å². The SMILES string of the molecule is CC12CC(c3ccccc3O1)C(c1nnc(-c3cccc(F)c3)o1)C(=O)N2. The summed E-state index contributed by atoms with van der Waals surface area (Å²) in [6.45, 7) is 1.86. The lowest BCUT2D eigenvalue weighted by Gasteiger charge is -2.46. The van der Waals surface area contributed by atoms with E-state index in [0.717, 1.165) is 11.3 Å². The first-order chi connectivity index (χ1) is 13.0. The fraction of sp³-hybridized carbons (Fsp3) is 0.250. The Morgan fingerprint density at radius 3 is 2.89 bits per heavy atom. The van der Waals surface area contributed by atoms with Gasteiger partial charge in [0.1, 0.15) is 17.5 Å². The van der Waals surface area contributed by atoms with Gasteiger partial charge in [0.05, 0.1) is 0 Å². The van der Waals surface area contributed by atoms with E-state index >= 15 is 0 Å². The largest absolute Gasteiger partial charge is 0.468 e.